The second-order valence-electron chi connectivity index (χ2n) is 4.45. The molecule has 2 rings (SSSR count). The van der Waals surface area contributed by atoms with Crippen LogP contribution in [0.2, 0.25) is 5.02 Å². The van der Waals surface area contributed by atoms with E-state index in [1.165, 1.54) is 17.9 Å². The molecule has 1 heterocycles. The van der Waals surface area contributed by atoms with Gasteiger partial charge in [0.05, 0.1) is 10.7 Å². The lowest BCUT2D eigenvalue weighted by Gasteiger charge is -2.24. The molecule has 17 heavy (non-hydrogen) atoms. The number of hydrogen-bond acceptors (Lipinski definition) is 3. The Morgan fingerprint density at radius 1 is 1.35 bits per heavy atom. The molecule has 0 amide bonds. The van der Waals surface area contributed by atoms with Gasteiger partial charge in [0.15, 0.2) is 0 Å². The lowest BCUT2D eigenvalue weighted by molar-refractivity contribution is 0.805. The summed E-state index contributed by atoms with van der Waals surface area (Å²) in [5.41, 5.74) is 8.11. The standard InChI is InChI=1S/C13H19ClN2S/c1-10(15)11-3-4-13(12(14)9-11)16-5-2-7-17-8-6-16/h3-4,9-10H,2,5-8,15H2,1H3/t10-/m0/s1. The first-order valence-electron chi connectivity index (χ1n) is 6.06. The van der Waals surface area contributed by atoms with Crippen molar-refractivity contribution in [2.75, 3.05) is 29.5 Å². The van der Waals surface area contributed by atoms with E-state index in [9.17, 15) is 0 Å². The largest absolute Gasteiger partial charge is 0.369 e. The monoisotopic (exact) mass is 270 g/mol. The molecule has 1 atom stereocenters. The molecule has 94 valence electrons. The highest BCUT2D eigenvalue weighted by Gasteiger charge is 2.13. The molecular formula is C13H19ClN2S. The third-order valence-electron chi connectivity index (χ3n) is 3.06. The van der Waals surface area contributed by atoms with Gasteiger partial charge in [0.25, 0.3) is 0 Å². The fourth-order valence-electron chi connectivity index (χ4n) is 2.05. The maximum atomic E-state index is 6.36. The van der Waals surface area contributed by atoms with Gasteiger partial charge in [0.2, 0.25) is 0 Å². The van der Waals surface area contributed by atoms with Crippen LogP contribution in [0.1, 0.15) is 24.9 Å². The molecule has 2 nitrogen and oxygen atoms in total. The average Bonchev–Trinajstić information content (AvgIpc) is 2.57. The normalized spacial score (nSPS) is 18.9. The molecule has 1 aromatic carbocycles. The van der Waals surface area contributed by atoms with Crippen molar-refractivity contribution < 1.29 is 0 Å². The van der Waals surface area contributed by atoms with Crippen LogP contribution in [0, 0.1) is 0 Å². The Hall–Kier alpha value is -0.380. The number of rotatable bonds is 2. The number of thioether (sulfide) groups is 1. The lowest BCUT2D eigenvalue weighted by atomic mass is 10.1. The van der Waals surface area contributed by atoms with Gasteiger partial charge in [-0.2, -0.15) is 11.8 Å². The predicted molar refractivity (Wildman–Crippen MR) is 78.2 cm³/mol. The fourth-order valence-corrected chi connectivity index (χ4v) is 3.25. The lowest BCUT2D eigenvalue weighted by Crippen LogP contribution is -2.25. The Bertz CT molecular complexity index is 374. The van der Waals surface area contributed by atoms with Gasteiger partial charge in [-0.3, -0.25) is 0 Å². The van der Waals surface area contributed by atoms with E-state index in [1.807, 2.05) is 24.8 Å². The number of nitrogens with two attached hydrogens (primary N) is 1. The van der Waals surface area contributed by atoms with E-state index in [1.54, 1.807) is 0 Å². The van der Waals surface area contributed by atoms with Crippen molar-refractivity contribution in [3.8, 4) is 0 Å². The van der Waals surface area contributed by atoms with Crippen molar-refractivity contribution in [1.82, 2.24) is 0 Å². The van der Waals surface area contributed by atoms with Crippen LogP contribution in [0.4, 0.5) is 5.69 Å². The number of benzene rings is 1. The van der Waals surface area contributed by atoms with Gasteiger partial charge in [0.1, 0.15) is 0 Å². The summed E-state index contributed by atoms with van der Waals surface area (Å²) in [6.45, 7) is 4.17. The summed E-state index contributed by atoms with van der Waals surface area (Å²) in [4.78, 5) is 2.38. The molecule has 0 spiro atoms. The van der Waals surface area contributed by atoms with Gasteiger partial charge in [-0.05, 0) is 36.8 Å². The molecule has 0 saturated carbocycles. The number of halogens is 1. The summed E-state index contributed by atoms with van der Waals surface area (Å²) < 4.78 is 0. The van der Waals surface area contributed by atoms with E-state index in [0.29, 0.717) is 0 Å². The number of hydrogen-bond donors (Lipinski definition) is 1. The fraction of sp³-hybridized carbons (Fsp3) is 0.538. The van der Waals surface area contributed by atoms with E-state index >= 15 is 0 Å². The molecule has 1 aromatic rings. The highest BCUT2D eigenvalue weighted by Crippen LogP contribution is 2.29. The van der Waals surface area contributed by atoms with Crippen molar-refractivity contribution in [2.24, 2.45) is 5.73 Å². The Labute approximate surface area is 113 Å². The zero-order valence-corrected chi connectivity index (χ0v) is 11.7. The average molecular weight is 271 g/mol. The summed E-state index contributed by atoms with van der Waals surface area (Å²) in [7, 11) is 0. The summed E-state index contributed by atoms with van der Waals surface area (Å²) in [6, 6.07) is 6.24. The minimum Gasteiger partial charge on any atom is -0.369 e. The third kappa shape index (κ3) is 3.30. The highest BCUT2D eigenvalue weighted by atomic mass is 35.5. The quantitative estimate of drug-likeness (QED) is 0.894. The van der Waals surface area contributed by atoms with E-state index < -0.39 is 0 Å². The summed E-state index contributed by atoms with van der Waals surface area (Å²) in [5, 5.41) is 0.826. The molecule has 1 aliphatic heterocycles. The molecule has 0 unspecified atom stereocenters. The maximum absolute atomic E-state index is 6.36. The SMILES string of the molecule is C[C@H](N)c1ccc(N2CCCSCC2)c(Cl)c1. The molecule has 1 fully saturated rings. The molecule has 0 aliphatic carbocycles. The van der Waals surface area contributed by atoms with Gasteiger partial charge in [-0.15, -0.1) is 0 Å². The van der Waals surface area contributed by atoms with Crippen LogP contribution in [0.3, 0.4) is 0 Å². The summed E-state index contributed by atoms with van der Waals surface area (Å²) >= 11 is 8.38. The molecule has 1 aliphatic rings. The van der Waals surface area contributed by atoms with Crippen molar-refractivity contribution in [1.29, 1.82) is 0 Å². The van der Waals surface area contributed by atoms with Gasteiger partial charge < -0.3 is 10.6 Å². The van der Waals surface area contributed by atoms with Gasteiger partial charge in [-0.25, -0.2) is 0 Å². The molecule has 4 heteroatoms. The molecule has 0 aromatic heterocycles. The van der Waals surface area contributed by atoms with Crippen LogP contribution in [0.25, 0.3) is 0 Å². The Balaban J connectivity index is 2.19. The van der Waals surface area contributed by atoms with E-state index in [4.69, 9.17) is 17.3 Å². The first-order chi connectivity index (χ1) is 8.18. The zero-order chi connectivity index (χ0) is 12.3. The zero-order valence-electron chi connectivity index (χ0n) is 10.2. The summed E-state index contributed by atoms with van der Waals surface area (Å²) in [5.74, 6) is 2.44. The van der Waals surface area contributed by atoms with Crippen LogP contribution in [-0.2, 0) is 0 Å². The molecule has 0 bridgehead atoms. The topological polar surface area (TPSA) is 29.3 Å². The van der Waals surface area contributed by atoms with Gasteiger partial charge in [0, 0.05) is 24.9 Å². The molecule has 1 saturated heterocycles. The van der Waals surface area contributed by atoms with Crippen molar-refractivity contribution in [3.63, 3.8) is 0 Å². The molecule has 0 radical (unpaired) electrons. The van der Waals surface area contributed by atoms with Crippen molar-refractivity contribution >= 4 is 29.1 Å². The van der Waals surface area contributed by atoms with E-state index in [-0.39, 0.29) is 6.04 Å². The highest BCUT2D eigenvalue weighted by molar-refractivity contribution is 7.99. The molecular weight excluding hydrogens is 252 g/mol. The van der Waals surface area contributed by atoms with E-state index in [0.717, 1.165) is 29.4 Å². The first-order valence-corrected chi connectivity index (χ1v) is 7.59. The minimum atomic E-state index is 0.0428. The van der Waals surface area contributed by atoms with Crippen LogP contribution >= 0.6 is 23.4 Å². The van der Waals surface area contributed by atoms with Gasteiger partial charge in [-0.1, -0.05) is 17.7 Å². The smallest absolute Gasteiger partial charge is 0.0642 e. The second-order valence-corrected chi connectivity index (χ2v) is 6.08. The van der Waals surface area contributed by atoms with Crippen LogP contribution in [-0.4, -0.2) is 24.6 Å². The van der Waals surface area contributed by atoms with Crippen LogP contribution in [0.5, 0.6) is 0 Å². The van der Waals surface area contributed by atoms with Crippen molar-refractivity contribution in [2.45, 2.75) is 19.4 Å². The predicted octanol–water partition coefficient (Wildman–Crippen LogP) is 3.30. The van der Waals surface area contributed by atoms with E-state index in [2.05, 4.69) is 17.0 Å². The Morgan fingerprint density at radius 3 is 2.88 bits per heavy atom. The van der Waals surface area contributed by atoms with Crippen LogP contribution in [0.15, 0.2) is 18.2 Å². The third-order valence-corrected chi connectivity index (χ3v) is 4.41. The van der Waals surface area contributed by atoms with Crippen molar-refractivity contribution in [3.05, 3.63) is 28.8 Å². The number of nitrogens with zero attached hydrogens (tertiary/aromatic N) is 1. The maximum Gasteiger partial charge on any atom is 0.0642 e. The Morgan fingerprint density at radius 2 is 2.18 bits per heavy atom. The minimum absolute atomic E-state index is 0.0428. The second kappa shape index (κ2) is 5.98. The molecule has 2 N–H and O–H groups in total. The van der Waals surface area contributed by atoms with Gasteiger partial charge >= 0.3 is 0 Å². The number of anilines is 1. The Kier molecular flexibility index (Phi) is 4.60. The summed E-state index contributed by atoms with van der Waals surface area (Å²) in [6.07, 6.45) is 1.23. The van der Waals surface area contributed by atoms with Crippen LogP contribution < -0.4 is 10.6 Å². The first kappa shape index (κ1) is 13.1.